The number of hydrogen-bond acceptors (Lipinski definition) is 4. The minimum Gasteiger partial charge on any atom is -0.336 e. The van der Waals surface area contributed by atoms with Crippen LogP contribution in [-0.4, -0.2) is 27.5 Å². The average molecular weight is 437 g/mol. The van der Waals surface area contributed by atoms with Gasteiger partial charge < -0.3 is 9.47 Å². The summed E-state index contributed by atoms with van der Waals surface area (Å²) < 4.78 is 32.3. The van der Waals surface area contributed by atoms with E-state index in [1.165, 1.54) is 11.1 Å². The highest BCUT2D eigenvalue weighted by molar-refractivity contribution is 5.43. The van der Waals surface area contributed by atoms with Crippen LogP contribution in [0.25, 0.3) is 0 Å². The van der Waals surface area contributed by atoms with E-state index < -0.39 is 18.0 Å². The van der Waals surface area contributed by atoms with E-state index in [2.05, 4.69) is 31.0 Å². The SMILES string of the molecule is Cc1ccc(CN2CCn3c2nc(=O)c2c3C(F)(F)CN(Cc3ccccc3)C2)cc1C. The zero-order valence-corrected chi connectivity index (χ0v) is 18.3. The Kier molecular flexibility index (Phi) is 5.08. The highest BCUT2D eigenvalue weighted by Gasteiger charge is 2.46. The molecule has 0 saturated carbocycles. The van der Waals surface area contributed by atoms with Crippen LogP contribution in [0.5, 0.6) is 0 Å². The zero-order valence-electron chi connectivity index (χ0n) is 18.3. The predicted octanol–water partition coefficient (Wildman–Crippen LogP) is 3.99. The molecule has 2 aliphatic rings. The maximum atomic E-state index is 15.4. The van der Waals surface area contributed by atoms with E-state index in [0.29, 0.717) is 32.1 Å². The molecule has 0 radical (unpaired) electrons. The van der Waals surface area contributed by atoms with Gasteiger partial charge in [0.25, 0.3) is 5.56 Å². The van der Waals surface area contributed by atoms with E-state index in [0.717, 1.165) is 11.1 Å². The number of benzene rings is 2. The standard InChI is InChI=1S/C25H26F2N4O/c1-17-8-9-20(12-18(17)2)14-30-10-11-31-22-21(23(32)28-24(30)31)15-29(16-25(22,26)27)13-19-6-4-3-5-7-19/h3-9,12H,10-11,13-16H2,1-2H3. The Hall–Kier alpha value is -3.06. The molecule has 0 bridgehead atoms. The fraction of sp³-hybridized carbons (Fsp3) is 0.360. The van der Waals surface area contributed by atoms with Gasteiger partial charge in [0, 0.05) is 32.7 Å². The molecule has 0 amide bonds. The largest absolute Gasteiger partial charge is 0.336 e. The highest BCUT2D eigenvalue weighted by Crippen LogP contribution is 2.38. The molecule has 0 atom stereocenters. The molecule has 0 spiro atoms. The molecule has 5 rings (SSSR count). The van der Waals surface area contributed by atoms with E-state index in [9.17, 15) is 4.79 Å². The molecule has 0 aliphatic carbocycles. The van der Waals surface area contributed by atoms with Gasteiger partial charge in [0.1, 0.15) is 5.69 Å². The van der Waals surface area contributed by atoms with Crippen molar-refractivity contribution in [3.8, 4) is 0 Å². The van der Waals surface area contributed by atoms with Gasteiger partial charge in [-0.2, -0.15) is 13.8 Å². The van der Waals surface area contributed by atoms with Crippen LogP contribution in [-0.2, 0) is 32.1 Å². The van der Waals surface area contributed by atoms with E-state index in [-0.39, 0.29) is 17.8 Å². The maximum absolute atomic E-state index is 15.4. The Morgan fingerprint density at radius 2 is 1.75 bits per heavy atom. The lowest BCUT2D eigenvalue weighted by atomic mass is 10.0. The van der Waals surface area contributed by atoms with Crippen LogP contribution in [0, 0.1) is 13.8 Å². The lowest BCUT2D eigenvalue weighted by Gasteiger charge is -2.35. The first-order valence-electron chi connectivity index (χ1n) is 10.9. The fourth-order valence-corrected chi connectivity index (χ4v) is 4.78. The molecule has 0 saturated heterocycles. The number of anilines is 1. The van der Waals surface area contributed by atoms with Crippen LogP contribution in [0.3, 0.4) is 0 Å². The predicted molar refractivity (Wildman–Crippen MR) is 120 cm³/mol. The first-order chi connectivity index (χ1) is 15.3. The number of aromatic nitrogens is 2. The minimum atomic E-state index is -3.12. The Balaban J connectivity index is 1.47. The van der Waals surface area contributed by atoms with Crippen LogP contribution >= 0.6 is 0 Å². The Labute approximate surface area is 185 Å². The molecule has 5 nitrogen and oxygen atoms in total. The summed E-state index contributed by atoms with van der Waals surface area (Å²) in [7, 11) is 0. The summed E-state index contributed by atoms with van der Waals surface area (Å²) in [5, 5.41) is 0. The molecular formula is C25H26F2N4O. The van der Waals surface area contributed by atoms with E-state index in [1.807, 2.05) is 41.3 Å². The number of hydrogen-bond donors (Lipinski definition) is 0. The normalized spacial score (nSPS) is 17.3. The van der Waals surface area contributed by atoms with Crippen molar-refractivity contribution in [1.29, 1.82) is 0 Å². The van der Waals surface area contributed by atoms with Gasteiger partial charge in [-0.05, 0) is 36.1 Å². The molecule has 0 unspecified atom stereocenters. The van der Waals surface area contributed by atoms with Crippen LogP contribution in [0.4, 0.5) is 14.7 Å². The summed E-state index contributed by atoms with van der Waals surface area (Å²) in [6.45, 7) is 5.76. The van der Waals surface area contributed by atoms with Crippen LogP contribution < -0.4 is 10.5 Å². The van der Waals surface area contributed by atoms with Gasteiger partial charge in [-0.1, -0.05) is 48.5 Å². The third kappa shape index (κ3) is 3.71. The summed E-state index contributed by atoms with van der Waals surface area (Å²) >= 11 is 0. The number of alkyl halides is 2. The van der Waals surface area contributed by atoms with E-state index in [1.54, 1.807) is 9.47 Å². The third-order valence-corrected chi connectivity index (χ3v) is 6.48. The number of rotatable bonds is 4. The molecule has 2 aliphatic heterocycles. The van der Waals surface area contributed by atoms with Gasteiger partial charge in [-0.3, -0.25) is 9.69 Å². The molecule has 1 aromatic heterocycles. The van der Waals surface area contributed by atoms with Crippen LogP contribution in [0.2, 0.25) is 0 Å². The van der Waals surface area contributed by atoms with Gasteiger partial charge in [0.15, 0.2) is 0 Å². The number of fused-ring (bicyclic) bond motifs is 3. The molecule has 3 heterocycles. The van der Waals surface area contributed by atoms with Crippen molar-refractivity contribution in [1.82, 2.24) is 14.5 Å². The molecule has 0 N–H and O–H groups in total. The van der Waals surface area contributed by atoms with Crippen molar-refractivity contribution in [2.75, 3.05) is 18.0 Å². The van der Waals surface area contributed by atoms with Gasteiger partial charge in [-0.25, -0.2) is 0 Å². The van der Waals surface area contributed by atoms with E-state index in [4.69, 9.17) is 0 Å². The average Bonchev–Trinajstić information content (AvgIpc) is 3.13. The lowest BCUT2D eigenvalue weighted by Crippen LogP contribution is -2.45. The van der Waals surface area contributed by atoms with Gasteiger partial charge in [0.2, 0.25) is 5.95 Å². The van der Waals surface area contributed by atoms with Gasteiger partial charge in [-0.15, -0.1) is 0 Å². The molecule has 2 aromatic carbocycles. The molecule has 7 heteroatoms. The van der Waals surface area contributed by atoms with Crippen LogP contribution in [0.15, 0.2) is 53.3 Å². The second-order valence-corrected chi connectivity index (χ2v) is 8.87. The second-order valence-electron chi connectivity index (χ2n) is 8.87. The summed E-state index contributed by atoms with van der Waals surface area (Å²) in [5.41, 5.74) is 3.83. The maximum Gasteiger partial charge on any atom is 0.300 e. The van der Waals surface area contributed by atoms with Crippen molar-refractivity contribution < 1.29 is 8.78 Å². The second kappa shape index (κ2) is 7.81. The quantitative estimate of drug-likeness (QED) is 0.620. The number of halogens is 2. The van der Waals surface area contributed by atoms with Crippen molar-refractivity contribution in [2.24, 2.45) is 0 Å². The highest BCUT2D eigenvalue weighted by atomic mass is 19.3. The molecule has 166 valence electrons. The van der Waals surface area contributed by atoms with Crippen molar-refractivity contribution >= 4 is 5.95 Å². The first-order valence-corrected chi connectivity index (χ1v) is 10.9. The molecule has 32 heavy (non-hydrogen) atoms. The van der Waals surface area contributed by atoms with Gasteiger partial charge in [0.05, 0.1) is 12.1 Å². The summed E-state index contributed by atoms with van der Waals surface area (Å²) in [6.07, 6.45) is 0. The monoisotopic (exact) mass is 436 g/mol. The number of nitrogens with zero attached hydrogens (tertiary/aromatic N) is 4. The van der Waals surface area contributed by atoms with Gasteiger partial charge >= 0.3 is 5.92 Å². The molecule has 0 fully saturated rings. The van der Waals surface area contributed by atoms with Crippen molar-refractivity contribution in [3.63, 3.8) is 0 Å². The number of aryl methyl sites for hydroxylation is 2. The Morgan fingerprint density at radius 3 is 2.50 bits per heavy atom. The first kappa shape index (κ1) is 20.8. The molecular weight excluding hydrogens is 410 g/mol. The third-order valence-electron chi connectivity index (χ3n) is 6.48. The Bertz CT molecular complexity index is 1220. The smallest absolute Gasteiger partial charge is 0.300 e. The summed E-state index contributed by atoms with van der Waals surface area (Å²) in [4.78, 5) is 20.7. The fourth-order valence-electron chi connectivity index (χ4n) is 4.78. The van der Waals surface area contributed by atoms with E-state index >= 15 is 8.78 Å². The summed E-state index contributed by atoms with van der Waals surface area (Å²) in [6, 6.07) is 15.7. The van der Waals surface area contributed by atoms with Crippen molar-refractivity contribution in [2.45, 2.75) is 45.9 Å². The Morgan fingerprint density at radius 1 is 0.969 bits per heavy atom. The van der Waals surface area contributed by atoms with Crippen LogP contribution in [0.1, 0.15) is 33.5 Å². The topological polar surface area (TPSA) is 41.4 Å². The zero-order chi connectivity index (χ0) is 22.5. The summed E-state index contributed by atoms with van der Waals surface area (Å²) in [5.74, 6) is -2.77. The lowest BCUT2D eigenvalue weighted by molar-refractivity contribution is -0.0621. The molecule has 3 aromatic rings. The van der Waals surface area contributed by atoms with Crippen molar-refractivity contribution in [3.05, 3.63) is 92.4 Å². The minimum absolute atomic E-state index is 0.119.